The van der Waals surface area contributed by atoms with Crippen LogP contribution in [0.3, 0.4) is 0 Å². The summed E-state index contributed by atoms with van der Waals surface area (Å²) in [6.45, 7) is 0.683. The summed E-state index contributed by atoms with van der Waals surface area (Å²) in [5, 5.41) is 10.8. The molecule has 146 valence electrons. The van der Waals surface area contributed by atoms with Crippen molar-refractivity contribution in [2.75, 3.05) is 20.1 Å². The van der Waals surface area contributed by atoms with Crippen LogP contribution in [-0.4, -0.2) is 46.9 Å². The van der Waals surface area contributed by atoms with Gasteiger partial charge in [-0.3, -0.25) is 9.59 Å². The Kier molecular flexibility index (Phi) is 5.99. The number of benzene rings is 2. The molecular formula is C21H20ClFN2O3. The molecule has 0 atom stereocenters. The summed E-state index contributed by atoms with van der Waals surface area (Å²) >= 11 is 5.87. The molecule has 1 aliphatic rings. The Morgan fingerprint density at radius 2 is 1.75 bits per heavy atom. The normalized spacial score (nSPS) is 14.0. The number of hydrogen-bond acceptors (Lipinski definition) is 3. The molecule has 3 rings (SSSR count). The van der Waals surface area contributed by atoms with E-state index >= 15 is 0 Å². The van der Waals surface area contributed by atoms with Crippen LogP contribution in [0.25, 0.3) is 0 Å². The quantitative estimate of drug-likeness (QED) is 0.806. The van der Waals surface area contributed by atoms with Crippen LogP contribution in [0.1, 0.15) is 11.1 Å². The van der Waals surface area contributed by atoms with E-state index in [1.807, 2.05) is 12.1 Å². The first-order chi connectivity index (χ1) is 13.3. The number of rotatable bonds is 6. The van der Waals surface area contributed by atoms with Gasteiger partial charge in [0.25, 0.3) is 11.8 Å². The minimum Gasteiger partial charge on any atom is -0.503 e. The summed E-state index contributed by atoms with van der Waals surface area (Å²) in [5.41, 5.74) is 1.83. The van der Waals surface area contributed by atoms with Crippen molar-refractivity contribution in [1.29, 1.82) is 0 Å². The van der Waals surface area contributed by atoms with Crippen molar-refractivity contribution >= 4 is 23.4 Å². The monoisotopic (exact) mass is 402 g/mol. The molecular weight excluding hydrogens is 383 g/mol. The van der Waals surface area contributed by atoms with E-state index in [-0.39, 0.29) is 24.5 Å². The molecule has 0 aliphatic carbocycles. The third-order valence-electron chi connectivity index (χ3n) is 4.65. The fraction of sp³-hybridized carbons (Fsp3) is 0.238. The maximum atomic E-state index is 13.0. The second-order valence-electron chi connectivity index (χ2n) is 6.72. The van der Waals surface area contributed by atoms with Crippen LogP contribution < -0.4 is 0 Å². The lowest BCUT2D eigenvalue weighted by atomic mass is 10.1. The second kappa shape index (κ2) is 8.44. The van der Waals surface area contributed by atoms with Crippen molar-refractivity contribution in [3.05, 3.63) is 81.8 Å². The van der Waals surface area contributed by atoms with Crippen molar-refractivity contribution in [3.63, 3.8) is 0 Å². The first-order valence-corrected chi connectivity index (χ1v) is 9.18. The number of amides is 2. The minimum absolute atomic E-state index is 0.0604. The lowest BCUT2D eigenvalue weighted by molar-refractivity contribution is -0.128. The number of nitrogens with zero attached hydrogens (tertiary/aromatic N) is 2. The molecule has 2 aromatic carbocycles. The van der Waals surface area contributed by atoms with Crippen molar-refractivity contribution in [2.24, 2.45) is 0 Å². The Morgan fingerprint density at radius 1 is 1.14 bits per heavy atom. The predicted octanol–water partition coefficient (Wildman–Crippen LogP) is 3.33. The molecule has 0 aromatic heterocycles. The van der Waals surface area contributed by atoms with Gasteiger partial charge in [-0.1, -0.05) is 35.9 Å². The minimum atomic E-state index is -0.549. The fourth-order valence-electron chi connectivity index (χ4n) is 3.05. The average Bonchev–Trinajstić information content (AvgIpc) is 2.97. The highest BCUT2D eigenvalue weighted by Crippen LogP contribution is 2.21. The Labute approximate surface area is 167 Å². The van der Waals surface area contributed by atoms with Crippen molar-refractivity contribution in [3.8, 4) is 0 Å². The van der Waals surface area contributed by atoms with Gasteiger partial charge in [0.15, 0.2) is 5.76 Å². The number of aliphatic hydroxyl groups excluding tert-OH is 1. The van der Waals surface area contributed by atoms with Gasteiger partial charge in [-0.2, -0.15) is 0 Å². The largest absolute Gasteiger partial charge is 0.503 e. The van der Waals surface area contributed by atoms with Gasteiger partial charge >= 0.3 is 0 Å². The van der Waals surface area contributed by atoms with E-state index < -0.39 is 17.6 Å². The van der Waals surface area contributed by atoms with Crippen LogP contribution in [0.15, 0.2) is 59.9 Å². The van der Waals surface area contributed by atoms with Crippen LogP contribution in [0.5, 0.6) is 0 Å². The predicted molar refractivity (Wildman–Crippen MR) is 104 cm³/mol. The molecule has 1 heterocycles. The van der Waals surface area contributed by atoms with Crippen LogP contribution in [0.2, 0.25) is 5.02 Å². The van der Waals surface area contributed by atoms with Gasteiger partial charge in [0.2, 0.25) is 0 Å². The highest BCUT2D eigenvalue weighted by atomic mass is 35.5. The van der Waals surface area contributed by atoms with Gasteiger partial charge in [-0.25, -0.2) is 4.39 Å². The summed E-state index contributed by atoms with van der Waals surface area (Å²) < 4.78 is 13.0. The van der Waals surface area contributed by atoms with Gasteiger partial charge in [0, 0.05) is 25.2 Å². The van der Waals surface area contributed by atoms with Crippen LogP contribution >= 0.6 is 11.6 Å². The van der Waals surface area contributed by atoms with Crippen LogP contribution in [-0.2, 0) is 22.6 Å². The number of carbonyl (C=O) groups is 2. The van der Waals surface area contributed by atoms with Crippen molar-refractivity contribution in [1.82, 2.24) is 9.80 Å². The summed E-state index contributed by atoms with van der Waals surface area (Å²) in [5.74, 6) is -1.83. The highest BCUT2D eigenvalue weighted by molar-refractivity contribution is 6.30. The Hall–Kier alpha value is -2.86. The smallest absolute Gasteiger partial charge is 0.289 e. The van der Waals surface area contributed by atoms with E-state index in [1.54, 1.807) is 31.3 Å². The van der Waals surface area contributed by atoms with Gasteiger partial charge in [0.1, 0.15) is 5.82 Å². The third kappa shape index (κ3) is 4.51. The zero-order chi connectivity index (χ0) is 20.3. The molecule has 0 saturated carbocycles. The standard InChI is InChI=1S/C21H20ClFN2O3/c1-24(12-15-4-8-17(23)9-5-15)20(27)18-13-25(21(28)19(18)26)11-10-14-2-6-16(22)7-3-14/h2-9,26H,10-13H2,1H3. The Bertz CT molecular complexity index is 910. The number of carbonyl (C=O) groups excluding carboxylic acids is 2. The fourth-order valence-corrected chi connectivity index (χ4v) is 3.17. The maximum absolute atomic E-state index is 13.0. The lowest BCUT2D eigenvalue weighted by Crippen LogP contribution is -2.32. The van der Waals surface area contributed by atoms with Crippen LogP contribution in [0, 0.1) is 5.82 Å². The van der Waals surface area contributed by atoms with E-state index in [0.29, 0.717) is 18.0 Å². The van der Waals surface area contributed by atoms with Gasteiger partial charge in [-0.05, 0) is 41.8 Å². The number of halogens is 2. The number of hydrogen-bond donors (Lipinski definition) is 1. The van der Waals surface area contributed by atoms with E-state index in [0.717, 1.165) is 11.1 Å². The highest BCUT2D eigenvalue weighted by Gasteiger charge is 2.34. The first kappa shape index (κ1) is 19.9. The molecule has 1 N–H and O–H groups in total. The van der Waals surface area contributed by atoms with E-state index in [2.05, 4.69) is 0 Å². The molecule has 0 unspecified atom stereocenters. The Balaban J connectivity index is 1.61. The summed E-state index contributed by atoms with van der Waals surface area (Å²) in [4.78, 5) is 27.8. The maximum Gasteiger partial charge on any atom is 0.289 e. The summed E-state index contributed by atoms with van der Waals surface area (Å²) in [7, 11) is 1.58. The van der Waals surface area contributed by atoms with Gasteiger partial charge in [-0.15, -0.1) is 0 Å². The molecule has 0 fully saturated rings. The molecule has 0 spiro atoms. The molecule has 1 aliphatic heterocycles. The van der Waals surface area contributed by atoms with E-state index in [4.69, 9.17) is 11.6 Å². The molecule has 7 heteroatoms. The van der Waals surface area contributed by atoms with E-state index in [9.17, 15) is 19.1 Å². The number of aliphatic hydroxyl groups is 1. The summed E-state index contributed by atoms with van der Waals surface area (Å²) in [6.07, 6.45) is 0.586. The van der Waals surface area contributed by atoms with E-state index in [1.165, 1.54) is 21.9 Å². The van der Waals surface area contributed by atoms with Crippen LogP contribution in [0.4, 0.5) is 4.39 Å². The topological polar surface area (TPSA) is 60.9 Å². The lowest BCUT2D eigenvalue weighted by Gasteiger charge is -2.19. The number of likely N-dealkylation sites (N-methyl/N-ethyl adjacent to an activating group) is 1. The van der Waals surface area contributed by atoms with Crippen molar-refractivity contribution < 1.29 is 19.1 Å². The van der Waals surface area contributed by atoms with Gasteiger partial charge in [0.05, 0.1) is 12.1 Å². The van der Waals surface area contributed by atoms with Gasteiger partial charge < -0.3 is 14.9 Å². The Morgan fingerprint density at radius 3 is 2.39 bits per heavy atom. The van der Waals surface area contributed by atoms with Crippen molar-refractivity contribution in [2.45, 2.75) is 13.0 Å². The second-order valence-corrected chi connectivity index (χ2v) is 7.15. The molecule has 0 radical (unpaired) electrons. The summed E-state index contributed by atoms with van der Waals surface area (Å²) in [6, 6.07) is 13.1. The first-order valence-electron chi connectivity index (χ1n) is 8.81. The zero-order valence-corrected chi connectivity index (χ0v) is 16.1. The molecule has 2 amide bonds. The third-order valence-corrected chi connectivity index (χ3v) is 4.90. The SMILES string of the molecule is CN(Cc1ccc(F)cc1)C(=O)C1=C(O)C(=O)N(CCc2ccc(Cl)cc2)C1. The molecule has 28 heavy (non-hydrogen) atoms. The average molecular weight is 403 g/mol. The molecule has 0 bridgehead atoms. The molecule has 0 saturated heterocycles. The zero-order valence-electron chi connectivity index (χ0n) is 15.4. The molecule has 5 nitrogen and oxygen atoms in total. The molecule has 2 aromatic rings.